The van der Waals surface area contributed by atoms with E-state index in [1.807, 2.05) is 0 Å². The monoisotopic (exact) mass is 287 g/mol. The Morgan fingerprint density at radius 3 is 2.40 bits per heavy atom. The molecule has 0 N–H and O–H groups in total. The third kappa shape index (κ3) is 2.97. The maximum Gasteiger partial charge on any atom is 0.182 e. The second-order valence-corrected chi connectivity index (χ2v) is 6.06. The minimum absolute atomic E-state index is 0.00782. The van der Waals surface area contributed by atoms with Gasteiger partial charge >= 0.3 is 0 Å². The number of sulfone groups is 1. The van der Waals surface area contributed by atoms with Gasteiger partial charge in [-0.25, -0.2) is 13.4 Å². The molecule has 1 heterocycles. The third-order valence-electron chi connectivity index (χ3n) is 1.64. The van der Waals surface area contributed by atoms with Gasteiger partial charge in [-0.1, -0.05) is 41.7 Å². The average Bonchev–Trinajstić information content (AvgIpc) is 1.99. The minimum Gasteiger partial charge on any atom is -0.224 e. The molecule has 0 saturated heterocycles. The molecule has 1 rings (SSSR count). The van der Waals surface area contributed by atoms with Crippen molar-refractivity contribution in [3.8, 4) is 0 Å². The molecular weight excluding hydrogens is 281 g/mol. The number of halogens is 3. The van der Waals surface area contributed by atoms with Crippen LogP contribution >= 0.6 is 34.8 Å². The molecule has 15 heavy (non-hydrogen) atoms. The van der Waals surface area contributed by atoms with Crippen LogP contribution in [-0.2, 0) is 9.84 Å². The predicted molar refractivity (Wildman–Crippen MR) is 61.6 cm³/mol. The van der Waals surface area contributed by atoms with Gasteiger partial charge in [0.05, 0.1) is 10.8 Å². The van der Waals surface area contributed by atoms with Crippen LogP contribution in [0.25, 0.3) is 0 Å². The fourth-order valence-electron chi connectivity index (χ4n) is 1.09. The summed E-state index contributed by atoms with van der Waals surface area (Å²) in [5, 5.41) is -0.102. The first-order valence-corrected chi connectivity index (χ1v) is 6.91. The molecule has 0 amide bonds. The Morgan fingerprint density at radius 2 is 1.93 bits per heavy atom. The van der Waals surface area contributed by atoms with Gasteiger partial charge in [0.15, 0.2) is 15.0 Å². The summed E-state index contributed by atoms with van der Waals surface area (Å²) >= 11 is 17.0. The summed E-state index contributed by atoms with van der Waals surface area (Å²) in [5.74, 6) is -0.0181. The standard InChI is InChI=1S/C8H8Cl3NO2S/c1-2-3-15(13,14)7-5(9)4-6(10)12-8(7)11/h4H,2-3H2,1H3. The van der Waals surface area contributed by atoms with Crippen LogP contribution in [-0.4, -0.2) is 19.2 Å². The van der Waals surface area contributed by atoms with E-state index in [1.165, 1.54) is 6.07 Å². The quantitative estimate of drug-likeness (QED) is 0.802. The highest BCUT2D eigenvalue weighted by molar-refractivity contribution is 7.91. The van der Waals surface area contributed by atoms with E-state index in [1.54, 1.807) is 6.92 Å². The zero-order valence-electron chi connectivity index (χ0n) is 7.80. The zero-order chi connectivity index (χ0) is 11.6. The van der Waals surface area contributed by atoms with Gasteiger partial charge in [0.2, 0.25) is 0 Å². The van der Waals surface area contributed by atoms with Crippen LogP contribution in [0.3, 0.4) is 0 Å². The average molecular weight is 289 g/mol. The number of nitrogens with zero attached hydrogens (tertiary/aromatic N) is 1. The zero-order valence-corrected chi connectivity index (χ0v) is 10.9. The maximum atomic E-state index is 11.7. The van der Waals surface area contributed by atoms with Gasteiger partial charge in [0, 0.05) is 0 Å². The minimum atomic E-state index is -3.47. The topological polar surface area (TPSA) is 47.0 Å². The van der Waals surface area contributed by atoms with Crippen LogP contribution < -0.4 is 0 Å². The second kappa shape index (κ2) is 4.87. The highest BCUT2D eigenvalue weighted by Crippen LogP contribution is 2.31. The molecule has 1 aromatic rings. The third-order valence-corrected chi connectivity index (χ3v) is 4.61. The van der Waals surface area contributed by atoms with E-state index in [9.17, 15) is 8.42 Å². The summed E-state index contributed by atoms with van der Waals surface area (Å²) in [7, 11) is -3.47. The van der Waals surface area contributed by atoms with Crippen molar-refractivity contribution in [3.05, 3.63) is 21.4 Å². The first-order chi connectivity index (χ1) is 6.88. The van der Waals surface area contributed by atoms with Crippen molar-refractivity contribution < 1.29 is 8.42 Å². The van der Waals surface area contributed by atoms with Crippen molar-refractivity contribution in [2.75, 3.05) is 5.75 Å². The highest BCUT2D eigenvalue weighted by Gasteiger charge is 2.22. The van der Waals surface area contributed by atoms with Gasteiger partial charge in [0.1, 0.15) is 10.0 Å². The van der Waals surface area contributed by atoms with Gasteiger partial charge in [-0.3, -0.25) is 0 Å². The van der Waals surface area contributed by atoms with E-state index in [-0.39, 0.29) is 26.0 Å². The summed E-state index contributed by atoms with van der Waals surface area (Å²) in [4.78, 5) is 3.51. The molecule has 0 spiro atoms. The summed E-state index contributed by atoms with van der Waals surface area (Å²) in [6.07, 6.45) is 0.484. The summed E-state index contributed by atoms with van der Waals surface area (Å²) in [6, 6.07) is 1.26. The molecule has 0 radical (unpaired) electrons. The normalized spacial score (nSPS) is 11.7. The molecule has 84 valence electrons. The molecule has 0 fully saturated rings. The van der Waals surface area contributed by atoms with Crippen molar-refractivity contribution in [3.63, 3.8) is 0 Å². The van der Waals surface area contributed by atoms with Crippen molar-refractivity contribution in [2.24, 2.45) is 0 Å². The van der Waals surface area contributed by atoms with E-state index >= 15 is 0 Å². The van der Waals surface area contributed by atoms with Crippen LogP contribution in [0, 0.1) is 0 Å². The lowest BCUT2D eigenvalue weighted by Gasteiger charge is -2.06. The van der Waals surface area contributed by atoms with E-state index in [0.717, 1.165) is 0 Å². The molecule has 0 unspecified atom stereocenters. The van der Waals surface area contributed by atoms with Crippen LogP contribution in [0.15, 0.2) is 11.0 Å². The second-order valence-electron chi connectivity index (χ2n) is 2.87. The molecule has 3 nitrogen and oxygen atoms in total. The van der Waals surface area contributed by atoms with Crippen LogP contribution in [0.1, 0.15) is 13.3 Å². The van der Waals surface area contributed by atoms with Crippen LogP contribution in [0.4, 0.5) is 0 Å². The molecule has 7 heteroatoms. The number of rotatable bonds is 3. The van der Waals surface area contributed by atoms with E-state index < -0.39 is 9.84 Å². The Kier molecular flexibility index (Phi) is 4.23. The molecule has 1 aromatic heterocycles. The number of pyridine rings is 1. The van der Waals surface area contributed by atoms with Gasteiger partial charge < -0.3 is 0 Å². The SMILES string of the molecule is CCCS(=O)(=O)c1c(Cl)cc(Cl)nc1Cl. The van der Waals surface area contributed by atoms with Gasteiger partial charge in [-0.05, 0) is 12.5 Å². The molecule has 0 saturated carbocycles. The Hall–Kier alpha value is -0.0300. The lowest BCUT2D eigenvalue weighted by molar-refractivity contribution is 0.594. The van der Waals surface area contributed by atoms with Crippen LogP contribution in [0.2, 0.25) is 15.3 Å². The predicted octanol–water partition coefficient (Wildman–Crippen LogP) is 3.23. The van der Waals surface area contributed by atoms with E-state index in [2.05, 4.69) is 4.98 Å². The van der Waals surface area contributed by atoms with Crippen molar-refractivity contribution in [2.45, 2.75) is 18.2 Å². The Balaban J connectivity index is 3.38. The maximum absolute atomic E-state index is 11.7. The first kappa shape index (κ1) is 13.0. The molecule has 0 aromatic carbocycles. The first-order valence-electron chi connectivity index (χ1n) is 4.12. The number of hydrogen-bond donors (Lipinski definition) is 0. The molecular formula is C8H8Cl3NO2S. The molecule has 0 aliphatic carbocycles. The van der Waals surface area contributed by atoms with E-state index in [4.69, 9.17) is 34.8 Å². The Morgan fingerprint density at radius 1 is 1.33 bits per heavy atom. The molecule has 0 bridgehead atoms. The van der Waals surface area contributed by atoms with Gasteiger partial charge in [0.25, 0.3) is 0 Å². The number of hydrogen-bond acceptors (Lipinski definition) is 3. The summed E-state index contributed by atoms with van der Waals surface area (Å²) in [5.41, 5.74) is 0. The smallest absolute Gasteiger partial charge is 0.182 e. The molecule has 0 aliphatic rings. The van der Waals surface area contributed by atoms with Crippen molar-refractivity contribution >= 4 is 44.6 Å². The fraction of sp³-hybridized carbons (Fsp3) is 0.375. The Labute approximate surface area is 103 Å². The lowest BCUT2D eigenvalue weighted by Crippen LogP contribution is -2.08. The van der Waals surface area contributed by atoms with Crippen molar-refractivity contribution in [1.82, 2.24) is 4.98 Å². The molecule has 0 atom stereocenters. The largest absolute Gasteiger partial charge is 0.224 e. The van der Waals surface area contributed by atoms with Gasteiger partial charge in [-0.2, -0.15) is 0 Å². The number of aromatic nitrogens is 1. The fourth-order valence-corrected chi connectivity index (χ4v) is 3.93. The van der Waals surface area contributed by atoms with Gasteiger partial charge in [-0.15, -0.1) is 0 Å². The van der Waals surface area contributed by atoms with E-state index in [0.29, 0.717) is 6.42 Å². The van der Waals surface area contributed by atoms with Crippen molar-refractivity contribution in [1.29, 1.82) is 0 Å². The van der Waals surface area contributed by atoms with Crippen LogP contribution in [0.5, 0.6) is 0 Å². The summed E-state index contributed by atoms with van der Waals surface area (Å²) in [6.45, 7) is 1.75. The Bertz CT molecular complexity index is 450. The molecule has 0 aliphatic heterocycles. The highest BCUT2D eigenvalue weighted by atomic mass is 35.5. The lowest BCUT2D eigenvalue weighted by atomic mass is 10.5. The summed E-state index contributed by atoms with van der Waals surface area (Å²) < 4.78 is 23.5.